The van der Waals surface area contributed by atoms with E-state index in [-0.39, 0.29) is 0 Å². The molecule has 0 amide bonds. The molecule has 1 heterocycles. The highest BCUT2D eigenvalue weighted by atomic mass is 14.7. The number of nitrogens with zero attached hydrogens (tertiary/aromatic N) is 1. The molecule has 0 bridgehead atoms. The lowest BCUT2D eigenvalue weighted by Crippen LogP contribution is -1.92. The number of hydrogen-bond donors (Lipinski definition) is 0. The molecule has 0 fully saturated rings. The summed E-state index contributed by atoms with van der Waals surface area (Å²) in [7, 11) is 0. The van der Waals surface area contributed by atoms with Crippen molar-refractivity contribution in [2.75, 3.05) is 0 Å². The molecular formula is C14H15N. The standard InChI is InChI=1S/C14H15N/c1-3-12-9-11(2)10-15-14(12)13-7-5-4-6-8-13/h4-10H,3H2,1-2H3. The molecule has 0 spiro atoms. The number of pyridine rings is 1. The maximum absolute atomic E-state index is 4.52. The molecule has 2 aromatic rings. The molecule has 0 aliphatic rings. The molecule has 0 aliphatic carbocycles. The molecular weight excluding hydrogens is 182 g/mol. The largest absolute Gasteiger partial charge is 0.256 e. The van der Waals surface area contributed by atoms with Crippen molar-refractivity contribution >= 4 is 0 Å². The Kier molecular flexibility index (Phi) is 2.82. The topological polar surface area (TPSA) is 12.9 Å². The number of aromatic nitrogens is 1. The Morgan fingerprint density at radius 2 is 1.87 bits per heavy atom. The minimum absolute atomic E-state index is 1.03. The van der Waals surface area contributed by atoms with Crippen LogP contribution in [-0.4, -0.2) is 4.98 Å². The van der Waals surface area contributed by atoms with Crippen LogP contribution in [0.5, 0.6) is 0 Å². The third-order valence-corrected chi connectivity index (χ3v) is 2.53. The van der Waals surface area contributed by atoms with Gasteiger partial charge in [0.25, 0.3) is 0 Å². The summed E-state index contributed by atoms with van der Waals surface area (Å²) < 4.78 is 0. The highest BCUT2D eigenvalue weighted by Crippen LogP contribution is 2.21. The van der Waals surface area contributed by atoms with Crippen molar-refractivity contribution < 1.29 is 0 Å². The maximum atomic E-state index is 4.52. The van der Waals surface area contributed by atoms with Gasteiger partial charge in [0.2, 0.25) is 0 Å². The first-order chi connectivity index (χ1) is 7.31. The van der Waals surface area contributed by atoms with Crippen LogP contribution < -0.4 is 0 Å². The third-order valence-electron chi connectivity index (χ3n) is 2.53. The molecule has 2 rings (SSSR count). The van der Waals surface area contributed by atoms with Crippen LogP contribution >= 0.6 is 0 Å². The van der Waals surface area contributed by atoms with Crippen LogP contribution in [0.15, 0.2) is 42.6 Å². The van der Waals surface area contributed by atoms with Gasteiger partial charge < -0.3 is 0 Å². The predicted octanol–water partition coefficient (Wildman–Crippen LogP) is 3.62. The molecule has 0 saturated heterocycles. The van der Waals surface area contributed by atoms with E-state index in [2.05, 4.69) is 49.2 Å². The fourth-order valence-corrected chi connectivity index (χ4v) is 1.76. The molecule has 15 heavy (non-hydrogen) atoms. The molecule has 76 valence electrons. The second-order valence-corrected chi connectivity index (χ2v) is 3.74. The quantitative estimate of drug-likeness (QED) is 0.716. The minimum Gasteiger partial charge on any atom is -0.256 e. The summed E-state index contributed by atoms with van der Waals surface area (Å²) in [4.78, 5) is 4.52. The SMILES string of the molecule is CCc1cc(C)cnc1-c1ccccc1. The molecule has 1 heteroatoms. The Labute approximate surface area is 90.8 Å². The zero-order chi connectivity index (χ0) is 10.7. The van der Waals surface area contributed by atoms with E-state index in [9.17, 15) is 0 Å². The van der Waals surface area contributed by atoms with Gasteiger partial charge in [0.05, 0.1) is 5.69 Å². The van der Waals surface area contributed by atoms with Gasteiger partial charge in [0.15, 0.2) is 0 Å². The van der Waals surface area contributed by atoms with Crippen LogP contribution in [0.1, 0.15) is 18.1 Å². The summed E-state index contributed by atoms with van der Waals surface area (Å²) in [6.07, 6.45) is 2.96. The van der Waals surface area contributed by atoms with E-state index in [1.165, 1.54) is 16.7 Å². The Morgan fingerprint density at radius 1 is 1.13 bits per heavy atom. The van der Waals surface area contributed by atoms with Crippen LogP contribution in [0.4, 0.5) is 0 Å². The Balaban J connectivity index is 2.53. The first-order valence-corrected chi connectivity index (χ1v) is 5.32. The fraction of sp³-hybridized carbons (Fsp3) is 0.214. The Hall–Kier alpha value is -1.63. The van der Waals surface area contributed by atoms with Gasteiger partial charge in [-0.05, 0) is 24.5 Å². The maximum Gasteiger partial charge on any atom is 0.0733 e. The summed E-state index contributed by atoms with van der Waals surface area (Å²) in [6, 6.07) is 12.6. The smallest absolute Gasteiger partial charge is 0.0733 e. The molecule has 0 radical (unpaired) electrons. The first-order valence-electron chi connectivity index (χ1n) is 5.32. The zero-order valence-electron chi connectivity index (χ0n) is 9.20. The minimum atomic E-state index is 1.03. The lowest BCUT2D eigenvalue weighted by atomic mass is 10.0. The van der Waals surface area contributed by atoms with E-state index < -0.39 is 0 Å². The fourth-order valence-electron chi connectivity index (χ4n) is 1.76. The lowest BCUT2D eigenvalue weighted by Gasteiger charge is -2.07. The zero-order valence-corrected chi connectivity index (χ0v) is 9.20. The van der Waals surface area contributed by atoms with Gasteiger partial charge in [-0.15, -0.1) is 0 Å². The van der Waals surface area contributed by atoms with Crippen LogP contribution in [0.3, 0.4) is 0 Å². The number of aryl methyl sites for hydroxylation is 2. The van der Waals surface area contributed by atoms with Crippen molar-refractivity contribution in [3.05, 3.63) is 53.7 Å². The van der Waals surface area contributed by atoms with Crippen molar-refractivity contribution in [3.63, 3.8) is 0 Å². The molecule has 0 saturated carbocycles. The van der Waals surface area contributed by atoms with E-state index >= 15 is 0 Å². The van der Waals surface area contributed by atoms with Gasteiger partial charge in [-0.2, -0.15) is 0 Å². The average Bonchev–Trinajstić information content (AvgIpc) is 2.30. The highest BCUT2D eigenvalue weighted by Gasteiger charge is 2.04. The summed E-state index contributed by atoms with van der Waals surface area (Å²) in [6.45, 7) is 4.25. The van der Waals surface area contributed by atoms with Crippen molar-refractivity contribution in [2.45, 2.75) is 20.3 Å². The molecule has 1 aromatic carbocycles. The van der Waals surface area contributed by atoms with Crippen molar-refractivity contribution in [1.82, 2.24) is 4.98 Å². The second kappa shape index (κ2) is 4.26. The third kappa shape index (κ3) is 2.07. The molecule has 0 N–H and O–H groups in total. The van der Waals surface area contributed by atoms with Crippen molar-refractivity contribution in [3.8, 4) is 11.3 Å². The molecule has 1 nitrogen and oxygen atoms in total. The first kappa shape index (κ1) is 9.91. The van der Waals surface area contributed by atoms with Gasteiger partial charge in [-0.3, -0.25) is 4.98 Å². The van der Waals surface area contributed by atoms with Gasteiger partial charge in [-0.25, -0.2) is 0 Å². The molecule has 0 aliphatic heterocycles. The second-order valence-electron chi connectivity index (χ2n) is 3.74. The van der Waals surface area contributed by atoms with Gasteiger partial charge >= 0.3 is 0 Å². The van der Waals surface area contributed by atoms with E-state index in [1.807, 2.05) is 12.3 Å². The van der Waals surface area contributed by atoms with E-state index in [0.29, 0.717) is 0 Å². The van der Waals surface area contributed by atoms with Crippen LogP contribution in [0.2, 0.25) is 0 Å². The average molecular weight is 197 g/mol. The Bertz CT molecular complexity index is 446. The Morgan fingerprint density at radius 3 is 2.53 bits per heavy atom. The van der Waals surface area contributed by atoms with Crippen LogP contribution in [0, 0.1) is 6.92 Å². The van der Waals surface area contributed by atoms with Crippen molar-refractivity contribution in [1.29, 1.82) is 0 Å². The van der Waals surface area contributed by atoms with Gasteiger partial charge in [0, 0.05) is 11.8 Å². The van der Waals surface area contributed by atoms with E-state index in [0.717, 1.165) is 12.1 Å². The number of hydrogen-bond acceptors (Lipinski definition) is 1. The van der Waals surface area contributed by atoms with Crippen LogP contribution in [-0.2, 0) is 6.42 Å². The predicted molar refractivity (Wildman–Crippen MR) is 63.8 cm³/mol. The van der Waals surface area contributed by atoms with E-state index in [1.54, 1.807) is 0 Å². The molecule has 1 aromatic heterocycles. The molecule has 0 atom stereocenters. The number of rotatable bonds is 2. The summed E-state index contributed by atoms with van der Waals surface area (Å²) in [5.41, 5.74) is 4.87. The normalized spacial score (nSPS) is 10.3. The van der Waals surface area contributed by atoms with Crippen LogP contribution in [0.25, 0.3) is 11.3 Å². The number of benzene rings is 1. The summed E-state index contributed by atoms with van der Waals surface area (Å²) in [5.74, 6) is 0. The lowest BCUT2D eigenvalue weighted by molar-refractivity contribution is 1.09. The monoisotopic (exact) mass is 197 g/mol. The van der Waals surface area contributed by atoms with Gasteiger partial charge in [0.1, 0.15) is 0 Å². The van der Waals surface area contributed by atoms with E-state index in [4.69, 9.17) is 0 Å². The summed E-state index contributed by atoms with van der Waals surface area (Å²) >= 11 is 0. The molecule has 0 unspecified atom stereocenters. The summed E-state index contributed by atoms with van der Waals surface area (Å²) in [5, 5.41) is 0. The van der Waals surface area contributed by atoms with Crippen molar-refractivity contribution in [2.24, 2.45) is 0 Å². The van der Waals surface area contributed by atoms with Gasteiger partial charge in [-0.1, -0.05) is 43.3 Å². The highest BCUT2D eigenvalue weighted by molar-refractivity contribution is 5.63.